The molecular weight excluding hydrogens is 1830 g/mol. The molecule has 0 spiro atoms. The van der Waals surface area contributed by atoms with E-state index in [0.29, 0.717) is 12.8 Å². The predicted molar refractivity (Wildman–Crippen MR) is 378 cm³/mol. The Bertz CT molecular complexity index is 3730. The number of rotatable bonds is 47. The van der Waals surface area contributed by atoms with Crippen LogP contribution in [0.4, 0.5) is 0 Å². The minimum atomic E-state index is -6.21. The minimum absolute atomic E-state index is 0.0325. The quantitative estimate of drug-likeness (QED) is 0.0137. The molecule has 7 fully saturated rings. The second-order valence-corrected chi connectivity index (χ2v) is 36.1. The standard InChI is InChI=1S/C54H96O54S10/c1-13-29-37(21(5)20(4)28(12)82-29)89-49-25(9)22(6)38(30(14-2)83-49)90-50-26(10)23(7)39(31(15-3)84-50)91-51-27(11)24(8)40(35(85-51)19-81-113(60,61)62)92-53-47(99-117(72,73)74)45(97-115(66,67)68)42(33(87-53)17-79-110-106-102-57)94-52-44(96-114(63,64)65)36(55)41(32(86-52)16-78-109-105-101-56)93-54-48(100-118(75,76)77)46(98-116(69,70)71)43(95-112-108-104-59)34(88-54)18-80-111-107-103-58/h20-59H,13-19H2,1-12H3,(H,60,61,62)(H,63,64,65)(H,66,67,68)(H,69,70,71)(H,72,73,74)(H,75,76,77)/t20?,21-,22-,23?,24?,25?,26?,27?,28+,29?,30?,31?,32?,33?,34?,35?,36+,37+,38+,39+,40+,41-,42-,43-,44?,45+,46+,47?,48?,49+,50+,51-,52+,53+,54+/m1/s1. The van der Waals surface area contributed by atoms with Crippen molar-refractivity contribution in [3.63, 3.8) is 0 Å². The van der Waals surface area contributed by atoms with Crippen LogP contribution in [0.1, 0.15) is 102 Å². The topological polar surface area (TPSA) is 714 Å². The van der Waals surface area contributed by atoms with Crippen molar-refractivity contribution in [2.45, 2.75) is 268 Å². The monoisotopic (exact) mass is 1930 g/mol. The molecule has 11 N–H and O–H groups in total. The van der Waals surface area contributed by atoms with Crippen LogP contribution in [-0.2, 0) is 203 Å². The van der Waals surface area contributed by atoms with E-state index < -0.39 is 272 Å². The lowest BCUT2D eigenvalue weighted by atomic mass is 9.80. The van der Waals surface area contributed by atoms with Crippen LogP contribution in [-0.4, -0.2) is 296 Å². The van der Waals surface area contributed by atoms with E-state index in [1.807, 2.05) is 41.5 Å². The van der Waals surface area contributed by atoms with Crippen molar-refractivity contribution >= 4 is 112 Å². The molecule has 0 aliphatic carbocycles. The smallest absolute Gasteiger partial charge is 0.387 e. The first-order chi connectivity index (χ1) is 55.1. The van der Waals surface area contributed by atoms with Crippen LogP contribution >= 0.6 is 49.3 Å². The van der Waals surface area contributed by atoms with Gasteiger partial charge in [-0.15, -0.1) is 17.3 Å². The maximum atomic E-state index is 13.2. The number of hydrogen-bond acceptors (Lipinski definition) is 52. The van der Waals surface area contributed by atoms with Crippen molar-refractivity contribution in [3.05, 3.63) is 0 Å². The van der Waals surface area contributed by atoms with Gasteiger partial charge in [0.05, 0.1) is 75.3 Å². The fraction of sp³-hybridized carbons (Fsp3) is 1.00. The van der Waals surface area contributed by atoms with Crippen molar-refractivity contribution < 1.29 is 245 Å². The van der Waals surface area contributed by atoms with Crippen molar-refractivity contribution in [1.82, 2.24) is 0 Å². The summed E-state index contributed by atoms with van der Waals surface area (Å²) in [5.41, 5.74) is 0. The van der Waals surface area contributed by atoms with Gasteiger partial charge in [0, 0.05) is 17.8 Å². The van der Waals surface area contributed by atoms with E-state index in [0.717, 1.165) is 6.42 Å². The normalized spacial score (nSPS) is 40.2. The highest BCUT2D eigenvalue weighted by Gasteiger charge is 2.62. The molecule has 0 aromatic carbocycles. The second kappa shape index (κ2) is 46.6. The van der Waals surface area contributed by atoms with Crippen LogP contribution < -0.4 is 0 Å². The van der Waals surface area contributed by atoms with E-state index >= 15 is 0 Å². The van der Waals surface area contributed by atoms with Crippen LogP contribution in [0.5, 0.6) is 0 Å². The highest BCUT2D eigenvalue weighted by atomic mass is 32.3. The third-order valence-corrected chi connectivity index (χ3v) is 24.9. The van der Waals surface area contributed by atoms with Gasteiger partial charge in [-0.1, -0.05) is 96.3 Å². The van der Waals surface area contributed by atoms with Gasteiger partial charge in [-0.05, 0) is 55.8 Å². The zero-order valence-electron chi connectivity index (χ0n) is 63.7. The van der Waals surface area contributed by atoms with E-state index in [-0.39, 0.29) is 79.0 Å². The molecule has 0 aromatic rings. The molecule has 64 heteroatoms. The number of aliphatic hydroxyl groups is 1. The number of ether oxygens (including phenoxy) is 13. The lowest BCUT2D eigenvalue weighted by Crippen LogP contribution is -2.68. The molecule has 16 unspecified atom stereocenters. The molecule has 0 radical (unpaired) electrons. The summed E-state index contributed by atoms with van der Waals surface area (Å²) in [5, 5.41) is 61.5. The van der Waals surface area contributed by atoms with Crippen molar-refractivity contribution in [3.8, 4) is 0 Å². The fourth-order valence-corrected chi connectivity index (χ4v) is 18.2. The lowest BCUT2D eigenvalue weighted by Gasteiger charge is -2.52. The average molecular weight is 1930 g/mol. The van der Waals surface area contributed by atoms with Gasteiger partial charge in [0.25, 0.3) is 0 Å². The Balaban J connectivity index is 1.23. The van der Waals surface area contributed by atoms with Crippen molar-refractivity contribution in [2.75, 3.05) is 26.4 Å². The van der Waals surface area contributed by atoms with E-state index in [4.69, 9.17) is 116 Å². The number of aliphatic hydroxyl groups excluding tert-OH is 1. The Labute approximate surface area is 694 Å². The van der Waals surface area contributed by atoms with Crippen molar-refractivity contribution in [2.24, 2.45) is 47.3 Å². The Morgan fingerprint density at radius 3 is 0.924 bits per heavy atom. The maximum Gasteiger partial charge on any atom is 0.397 e. The molecule has 696 valence electrons. The van der Waals surface area contributed by atoms with Gasteiger partial charge >= 0.3 is 62.4 Å². The summed E-state index contributed by atoms with van der Waals surface area (Å²) in [6.45, 7) is 17.9. The van der Waals surface area contributed by atoms with Crippen LogP contribution in [0.3, 0.4) is 0 Å². The molecule has 54 nitrogen and oxygen atoms in total. The van der Waals surface area contributed by atoms with Crippen molar-refractivity contribution in [1.29, 1.82) is 0 Å². The van der Waals surface area contributed by atoms with Gasteiger partial charge in [0.2, 0.25) is 0 Å². The summed E-state index contributed by atoms with van der Waals surface area (Å²) < 4.78 is 363. The second-order valence-electron chi connectivity index (χ2n) is 27.7. The van der Waals surface area contributed by atoms with Crippen LogP contribution in [0.15, 0.2) is 0 Å². The van der Waals surface area contributed by atoms with Gasteiger partial charge in [-0.2, -0.15) is 50.5 Å². The van der Waals surface area contributed by atoms with E-state index in [1.165, 1.54) is 13.8 Å². The van der Waals surface area contributed by atoms with Gasteiger partial charge in [-0.3, -0.25) is 44.0 Å². The molecule has 7 rings (SSSR count). The Kier molecular flexibility index (Phi) is 41.3. The summed E-state index contributed by atoms with van der Waals surface area (Å²) in [5.74, 6) is -3.02. The summed E-state index contributed by atoms with van der Waals surface area (Å²) >= 11 is -1.35. The van der Waals surface area contributed by atoms with Crippen LogP contribution in [0.25, 0.3) is 0 Å². The molecule has 0 aromatic heterocycles. The summed E-state index contributed by atoms with van der Waals surface area (Å²) in [6, 6.07) is 0. The third-order valence-electron chi connectivity index (χ3n) is 20.7. The van der Waals surface area contributed by atoms with Gasteiger partial charge < -0.3 is 66.7 Å². The SMILES string of the molecule is CCC1O[C@@H](O[C@@H]2C(CC)O[C@@H](O[C@@H]3C(CC)O[C@@H](C)C(C)[C@H]3C)C(C)[C@H]2C)C(C)C(C)[C@@H]1O[C@H]1OC(COS(=O)(=O)O)[C@@H](O[C@@H]2OC(COSOOO)[C@@H](O[C@@H]3OC(COSOOO)[C@@H](O[C@@H]4OC(COSOOO)[C@@H](OSOOO)[C@H](OS(=O)(=O)O)C4OS(=O)(=O)O)[C@H](O)C3OS(=O)(=O)O)[C@H](OS(=O)(=O)O)C2OS(=O)(=O)O)C(C)C1C. The average Bonchev–Trinajstić information content (AvgIpc) is 0.763. The largest absolute Gasteiger partial charge is 0.397 e. The first-order valence-electron chi connectivity index (χ1n) is 35.3. The van der Waals surface area contributed by atoms with E-state index in [9.17, 15) is 82.9 Å². The molecule has 0 bridgehead atoms. The van der Waals surface area contributed by atoms with Gasteiger partial charge in [0.1, 0.15) is 61.0 Å². The molecule has 7 saturated heterocycles. The minimum Gasteiger partial charge on any atom is -0.387 e. The Morgan fingerprint density at radius 1 is 0.280 bits per heavy atom. The highest BCUT2D eigenvalue weighted by Crippen LogP contribution is 2.47. The summed E-state index contributed by atoms with van der Waals surface area (Å²) in [4.78, 5) is 0. The summed E-state index contributed by atoms with van der Waals surface area (Å²) in [6.07, 6.45) is -49.9. The highest BCUT2D eigenvalue weighted by molar-refractivity contribution is 7.90. The molecule has 7 aliphatic rings. The Morgan fingerprint density at radius 2 is 0.551 bits per heavy atom. The molecule has 0 amide bonds. The molecule has 7 heterocycles. The molecule has 7 aliphatic heterocycles. The lowest BCUT2D eigenvalue weighted by molar-refractivity contribution is -0.435. The zero-order valence-corrected chi connectivity index (χ0v) is 71.9. The predicted octanol–water partition coefficient (Wildman–Crippen LogP) is 2.25. The van der Waals surface area contributed by atoms with Gasteiger partial charge in [0.15, 0.2) is 105 Å². The molecular formula is C54H96O54S10. The zero-order chi connectivity index (χ0) is 87.9. The van der Waals surface area contributed by atoms with Crippen LogP contribution in [0, 0.1) is 47.3 Å². The van der Waals surface area contributed by atoms with Gasteiger partial charge in [-0.25, -0.2) is 46.1 Å². The number of hydrogen-bond donors (Lipinski definition) is 11. The maximum absolute atomic E-state index is 13.2. The fourth-order valence-electron chi connectivity index (χ4n) is 14.4. The summed E-state index contributed by atoms with van der Waals surface area (Å²) in [7, 11) is -36.0. The Hall–Kier alpha value is -0.580. The first-order valence-corrected chi connectivity index (χ1v) is 46.1. The first kappa shape index (κ1) is 104. The molecule has 35 atom stereocenters. The van der Waals surface area contributed by atoms with Crippen LogP contribution in [0.2, 0.25) is 0 Å². The molecule has 118 heavy (non-hydrogen) atoms. The molecule has 0 saturated carbocycles. The third kappa shape index (κ3) is 30.3. The van der Waals surface area contributed by atoms with E-state index in [1.54, 1.807) is 0 Å². The van der Waals surface area contributed by atoms with E-state index in [2.05, 4.69) is 73.5 Å².